The summed E-state index contributed by atoms with van der Waals surface area (Å²) in [5.41, 5.74) is 1.58. The number of hydrogen-bond acceptors (Lipinski definition) is 8. The molecule has 2 N–H and O–H groups in total. The standard InChI is InChI=1S/C28H24N4O6/c1-3-37-27(35)23-19-9-5-7-11-21(19)31-25(33)26(34)32-22-12-8-6-10-20(22)24(28(36)38-4-2)30-18-15-13-17(29-23)14-16-18/h5-16H,3-4H2,1-2H3,(H,31,33)(H,32,34). The quantitative estimate of drug-likeness (QED) is 0.401. The van der Waals surface area contributed by atoms with Gasteiger partial charge in [-0.2, -0.15) is 0 Å². The molecule has 10 nitrogen and oxygen atoms in total. The molecule has 5 rings (SSSR count). The van der Waals surface area contributed by atoms with Crippen LogP contribution in [0, 0.1) is 0 Å². The first kappa shape index (κ1) is 26.0. The molecule has 0 aromatic heterocycles. The maximum Gasteiger partial charge on any atom is 0.357 e. The Balaban J connectivity index is 1.93. The molecule has 2 heterocycles. The van der Waals surface area contributed by atoms with E-state index in [0.29, 0.717) is 11.4 Å². The highest BCUT2D eigenvalue weighted by atomic mass is 16.5. The number of hydrogen-bond donors (Lipinski definition) is 2. The second-order valence-corrected chi connectivity index (χ2v) is 7.88. The lowest BCUT2D eigenvalue weighted by atomic mass is 10.1. The molecule has 2 aliphatic heterocycles. The van der Waals surface area contributed by atoms with Gasteiger partial charge in [-0.05, 0) is 50.2 Å². The zero-order valence-electron chi connectivity index (χ0n) is 20.7. The van der Waals surface area contributed by atoms with E-state index in [1.54, 1.807) is 86.6 Å². The number of fused-ring (bicyclic) bond motifs is 5. The topological polar surface area (TPSA) is 136 Å². The van der Waals surface area contributed by atoms with Gasteiger partial charge < -0.3 is 20.1 Å². The third kappa shape index (κ3) is 5.81. The second-order valence-electron chi connectivity index (χ2n) is 7.88. The summed E-state index contributed by atoms with van der Waals surface area (Å²) in [6.45, 7) is 3.55. The van der Waals surface area contributed by atoms with Crippen molar-refractivity contribution in [2.24, 2.45) is 9.98 Å². The number of carbonyl (C=O) groups is 4. The van der Waals surface area contributed by atoms with Gasteiger partial charge >= 0.3 is 23.8 Å². The van der Waals surface area contributed by atoms with Gasteiger partial charge in [0.15, 0.2) is 11.4 Å². The highest BCUT2D eigenvalue weighted by Crippen LogP contribution is 2.26. The van der Waals surface area contributed by atoms with Gasteiger partial charge in [-0.1, -0.05) is 36.4 Å². The van der Waals surface area contributed by atoms with Crippen LogP contribution in [0.3, 0.4) is 0 Å². The van der Waals surface area contributed by atoms with E-state index < -0.39 is 23.8 Å². The molecule has 0 atom stereocenters. The van der Waals surface area contributed by atoms with Gasteiger partial charge in [0.05, 0.1) is 36.0 Å². The number of carbonyl (C=O) groups excluding carboxylic acids is 4. The number of amides is 2. The average molecular weight is 513 g/mol. The normalized spacial score (nSPS) is 13.2. The summed E-state index contributed by atoms with van der Waals surface area (Å²) < 4.78 is 10.4. The fourth-order valence-corrected chi connectivity index (χ4v) is 3.65. The minimum atomic E-state index is -1.000. The zero-order chi connectivity index (χ0) is 27.1. The van der Waals surface area contributed by atoms with E-state index in [4.69, 9.17) is 9.47 Å². The molecule has 0 fully saturated rings. The molecule has 192 valence electrons. The summed E-state index contributed by atoms with van der Waals surface area (Å²) in [4.78, 5) is 60.4. The third-order valence-corrected chi connectivity index (χ3v) is 5.34. The lowest BCUT2D eigenvalue weighted by Crippen LogP contribution is -2.31. The SMILES string of the molecule is CCOC(=O)C1=Nc2ccc(cc2)N=C(C(=O)OCC)c2ccccc2NC(=O)C(=O)Nc2ccccc21. The van der Waals surface area contributed by atoms with Crippen molar-refractivity contribution in [3.8, 4) is 0 Å². The van der Waals surface area contributed by atoms with Crippen LogP contribution >= 0.6 is 0 Å². The van der Waals surface area contributed by atoms with Crippen LogP contribution in [0.25, 0.3) is 0 Å². The Morgan fingerprint density at radius 3 is 1.37 bits per heavy atom. The Labute approximate surface area is 218 Å². The summed E-state index contributed by atoms with van der Waals surface area (Å²) >= 11 is 0. The predicted octanol–water partition coefficient (Wildman–Crippen LogP) is 3.95. The van der Waals surface area contributed by atoms with Gasteiger partial charge in [0.25, 0.3) is 0 Å². The maximum absolute atomic E-state index is 12.9. The van der Waals surface area contributed by atoms with Gasteiger partial charge in [0.2, 0.25) is 0 Å². The van der Waals surface area contributed by atoms with E-state index >= 15 is 0 Å². The summed E-state index contributed by atoms with van der Waals surface area (Å²) in [7, 11) is 0. The van der Waals surface area contributed by atoms with Crippen molar-refractivity contribution in [2.75, 3.05) is 23.8 Å². The first-order chi connectivity index (χ1) is 18.4. The number of ether oxygens (including phenoxy) is 2. The highest BCUT2D eigenvalue weighted by Gasteiger charge is 2.25. The van der Waals surface area contributed by atoms with Crippen LogP contribution in [-0.4, -0.2) is 48.4 Å². The lowest BCUT2D eigenvalue weighted by molar-refractivity contribution is -0.135. The van der Waals surface area contributed by atoms with Gasteiger partial charge in [-0.15, -0.1) is 0 Å². The van der Waals surface area contributed by atoms with Crippen molar-refractivity contribution in [1.82, 2.24) is 0 Å². The molecular formula is C28H24N4O6. The van der Waals surface area contributed by atoms with Crippen LogP contribution in [0.4, 0.5) is 22.7 Å². The number of anilines is 2. The van der Waals surface area contributed by atoms with Crippen molar-refractivity contribution in [1.29, 1.82) is 0 Å². The van der Waals surface area contributed by atoms with Crippen molar-refractivity contribution in [2.45, 2.75) is 13.8 Å². The first-order valence-corrected chi connectivity index (χ1v) is 11.8. The van der Waals surface area contributed by atoms with Gasteiger partial charge in [-0.3, -0.25) is 9.59 Å². The van der Waals surface area contributed by atoms with Crippen molar-refractivity contribution in [3.05, 3.63) is 83.9 Å². The van der Waals surface area contributed by atoms with Crippen LogP contribution in [0.1, 0.15) is 25.0 Å². The van der Waals surface area contributed by atoms with Gasteiger partial charge in [0, 0.05) is 11.1 Å². The second kappa shape index (κ2) is 11.7. The number of nitrogens with one attached hydrogen (secondary N) is 2. The smallest absolute Gasteiger partial charge is 0.357 e. The molecule has 0 spiro atoms. The zero-order valence-corrected chi connectivity index (χ0v) is 20.7. The minimum absolute atomic E-state index is 0.0657. The third-order valence-electron chi connectivity index (χ3n) is 5.34. The molecule has 38 heavy (non-hydrogen) atoms. The average Bonchev–Trinajstić information content (AvgIpc) is 2.92. The van der Waals surface area contributed by atoms with Crippen LogP contribution in [0.15, 0.2) is 82.8 Å². The van der Waals surface area contributed by atoms with Crippen LogP contribution in [0.5, 0.6) is 0 Å². The molecule has 0 saturated carbocycles. The molecule has 3 aromatic carbocycles. The number of aliphatic imine (C=N–C) groups is 2. The van der Waals surface area contributed by atoms with E-state index in [1.165, 1.54) is 0 Å². The Bertz CT molecular complexity index is 1350. The van der Waals surface area contributed by atoms with E-state index in [0.717, 1.165) is 0 Å². The van der Waals surface area contributed by atoms with E-state index in [1.807, 2.05) is 0 Å². The van der Waals surface area contributed by atoms with E-state index in [9.17, 15) is 19.2 Å². The Hall–Kier alpha value is -5.12. The molecule has 2 bridgehead atoms. The Kier molecular flexibility index (Phi) is 8.02. The number of rotatable bonds is 4. The molecule has 2 aliphatic rings. The molecule has 0 saturated heterocycles. The molecule has 0 unspecified atom stereocenters. The Morgan fingerprint density at radius 1 is 0.632 bits per heavy atom. The largest absolute Gasteiger partial charge is 0.461 e. The van der Waals surface area contributed by atoms with Crippen LogP contribution in [-0.2, 0) is 28.7 Å². The number of nitrogens with zero attached hydrogens (tertiary/aromatic N) is 2. The predicted molar refractivity (Wildman–Crippen MR) is 142 cm³/mol. The number of para-hydroxylation sites is 2. The molecular weight excluding hydrogens is 488 g/mol. The highest BCUT2D eigenvalue weighted by molar-refractivity contribution is 6.48. The summed E-state index contributed by atoms with van der Waals surface area (Å²) in [6, 6.07) is 19.4. The molecule has 2 amide bonds. The monoisotopic (exact) mass is 512 g/mol. The van der Waals surface area contributed by atoms with Crippen molar-refractivity contribution >= 4 is 57.9 Å². The molecule has 0 aliphatic carbocycles. The first-order valence-electron chi connectivity index (χ1n) is 11.8. The number of benzene rings is 3. The number of esters is 2. The minimum Gasteiger partial charge on any atom is -0.461 e. The van der Waals surface area contributed by atoms with E-state index in [-0.39, 0.29) is 47.1 Å². The van der Waals surface area contributed by atoms with E-state index in [2.05, 4.69) is 20.6 Å². The summed E-state index contributed by atoms with van der Waals surface area (Å²) in [6.07, 6.45) is 0. The molecule has 3 aromatic rings. The molecule has 10 heteroatoms. The van der Waals surface area contributed by atoms with Gasteiger partial charge in [-0.25, -0.2) is 19.6 Å². The summed E-state index contributed by atoms with van der Waals surface area (Å²) in [5, 5.41) is 5.07. The summed E-state index contributed by atoms with van der Waals surface area (Å²) in [5.74, 6) is -3.41. The Morgan fingerprint density at radius 2 is 1.00 bits per heavy atom. The van der Waals surface area contributed by atoms with Crippen molar-refractivity contribution in [3.63, 3.8) is 0 Å². The maximum atomic E-state index is 12.9. The van der Waals surface area contributed by atoms with Gasteiger partial charge in [0.1, 0.15) is 0 Å². The van der Waals surface area contributed by atoms with Crippen molar-refractivity contribution < 1.29 is 28.7 Å². The lowest BCUT2D eigenvalue weighted by Gasteiger charge is -2.15. The van der Waals surface area contributed by atoms with Crippen LogP contribution < -0.4 is 10.6 Å². The van der Waals surface area contributed by atoms with Crippen LogP contribution in [0.2, 0.25) is 0 Å². The fourth-order valence-electron chi connectivity index (χ4n) is 3.65. The fraction of sp³-hybridized carbons (Fsp3) is 0.143. The molecule has 0 radical (unpaired) electrons.